The largest absolute Gasteiger partial charge is 0.461 e. The van der Waals surface area contributed by atoms with Gasteiger partial charge in [-0.3, -0.25) is 4.90 Å². The molecule has 3 fully saturated rings. The number of hydrogen-bond acceptors (Lipinski definition) is 10. The molecule has 3 aliphatic rings. The lowest BCUT2D eigenvalue weighted by Gasteiger charge is -2.31. The van der Waals surface area contributed by atoms with Crippen LogP contribution in [0.25, 0.3) is 32.2 Å². The molecule has 0 amide bonds. The highest BCUT2D eigenvalue weighted by atomic mass is 35.5. The molecule has 5 heterocycles. The summed E-state index contributed by atoms with van der Waals surface area (Å²) in [5.74, 6) is -0.122. The normalized spacial score (nSPS) is 21.3. The van der Waals surface area contributed by atoms with Gasteiger partial charge in [0.1, 0.15) is 17.9 Å². The second-order valence-corrected chi connectivity index (χ2v) is 12.3. The van der Waals surface area contributed by atoms with Gasteiger partial charge in [-0.25, -0.2) is 9.37 Å². The van der Waals surface area contributed by atoms with Gasteiger partial charge in [0, 0.05) is 29.6 Å². The number of β-amino-alcohol motifs (C(OH)–C–C–N with tert-alkyl or cyclic N) is 1. The number of nitrogens with two attached hydrogens (primary N) is 1. The average molecular weight is 585 g/mol. The number of aromatic nitrogens is 3. The molecule has 1 atom stereocenters. The summed E-state index contributed by atoms with van der Waals surface area (Å²) in [6, 6.07) is 7.32. The van der Waals surface area contributed by atoms with Crippen molar-refractivity contribution >= 4 is 55.0 Å². The van der Waals surface area contributed by atoms with Gasteiger partial charge < -0.3 is 25.2 Å². The minimum Gasteiger partial charge on any atom is -0.461 e. The lowest BCUT2D eigenvalue weighted by Crippen LogP contribution is -2.43. The predicted molar refractivity (Wildman–Crippen MR) is 155 cm³/mol. The van der Waals surface area contributed by atoms with E-state index in [2.05, 4.69) is 14.9 Å². The highest BCUT2D eigenvalue weighted by molar-refractivity contribution is 7.22. The third-order valence-electron chi connectivity index (χ3n) is 8.37. The van der Waals surface area contributed by atoms with E-state index < -0.39 is 11.9 Å². The second kappa shape index (κ2) is 10.2. The van der Waals surface area contributed by atoms with E-state index in [0.29, 0.717) is 47.2 Å². The minimum atomic E-state index is -0.714. The average Bonchev–Trinajstić information content (AvgIpc) is 3.58. The molecule has 3 aliphatic heterocycles. The first kappa shape index (κ1) is 26.1. The molecule has 2 aromatic carbocycles. The molecule has 2 aromatic heterocycles. The third kappa shape index (κ3) is 4.44. The van der Waals surface area contributed by atoms with Crippen LogP contribution in [0.5, 0.6) is 6.01 Å². The molecule has 40 heavy (non-hydrogen) atoms. The molecule has 12 heteroatoms. The van der Waals surface area contributed by atoms with Crippen LogP contribution in [0, 0.1) is 5.82 Å². The zero-order chi connectivity index (χ0) is 27.4. The summed E-state index contributed by atoms with van der Waals surface area (Å²) in [5, 5.41) is 11.5. The second-order valence-electron chi connectivity index (χ2n) is 10.9. The number of halogens is 2. The van der Waals surface area contributed by atoms with Crippen molar-refractivity contribution < 1.29 is 19.0 Å². The summed E-state index contributed by atoms with van der Waals surface area (Å²) in [7, 11) is 0. The fraction of sp³-hybridized carbons (Fsp3) is 0.464. The zero-order valence-corrected chi connectivity index (χ0v) is 23.5. The fourth-order valence-electron chi connectivity index (χ4n) is 6.52. The van der Waals surface area contributed by atoms with E-state index in [4.69, 9.17) is 31.8 Å². The molecule has 9 nitrogen and oxygen atoms in total. The summed E-state index contributed by atoms with van der Waals surface area (Å²) in [6.45, 7) is 3.97. The number of anilines is 2. The monoisotopic (exact) mass is 584 g/mol. The van der Waals surface area contributed by atoms with E-state index in [1.165, 1.54) is 11.3 Å². The van der Waals surface area contributed by atoms with Crippen LogP contribution in [0.15, 0.2) is 24.3 Å². The van der Waals surface area contributed by atoms with Gasteiger partial charge in [0.25, 0.3) is 0 Å². The van der Waals surface area contributed by atoms with Crippen molar-refractivity contribution in [3.63, 3.8) is 0 Å². The number of para-hydroxylation sites is 1. The van der Waals surface area contributed by atoms with Gasteiger partial charge in [-0.2, -0.15) is 9.97 Å². The first-order valence-corrected chi connectivity index (χ1v) is 14.8. The van der Waals surface area contributed by atoms with Gasteiger partial charge in [-0.05, 0) is 50.9 Å². The summed E-state index contributed by atoms with van der Waals surface area (Å²) in [5.41, 5.74) is 7.40. The Balaban J connectivity index is 1.37. The molecular formula is C28H30ClFN6O3S. The van der Waals surface area contributed by atoms with E-state index in [-0.39, 0.29) is 40.8 Å². The molecule has 210 valence electrons. The fourth-order valence-corrected chi connectivity index (χ4v) is 7.58. The SMILES string of the molecule is Nc1nc2c(-c3c(Cl)cc4c(N5CCOCC(O)C5)nc(OCC56CCCN5CCC6)nc4c3F)cccc2s1. The lowest BCUT2D eigenvalue weighted by molar-refractivity contribution is 0.0597. The number of ether oxygens (including phenoxy) is 2. The van der Waals surface area contributed by atoms with E-state index >= 15 is 4.39 Å². The van der Waals surface area contributed by atoms with Crippen molar-refractivity contribution in [1.29, 1.82) is 0 Å². The van der Waals surface area contributed by atoms with Crippen molar-refractivity contribution in [2.45, 2.75) is 37.3 Å². The van der Waals surface area contributed by atoms with Gasteiger partial charge >= 0.3 is 6.01 Å². The van der Waals surface area contributed by atoms with Crippen molar-refractivity contribution in [3.8, 4) is 17.1 Å². The molecule has 3 N–H and O–H groups in total. The topological polar surface area (TPSA) is 110 Å². The van der Waals surface area contributed by atoms with Gasteiger partial charge in [-0.1, -0.05) is 35.1 Å². The van der Waals surface area contributed by atoms with Crippen LogP contribution in [0.3, 0.4) is 0 Å². The van der Waals surface area contributed by atoms with Crippen molar-refractivity contribution in [2.24, 2.45) is 0 Å². The van der Waals surface area contributed by atoms with Gasteiger partial charge in [0.05, 0.1) is 40.1 Å². The summed E-state index contributed by atoms with van der Waals surface area (Å²) < 4.78 is 29.3. The van der Waals surface area contributed by atoms with E-state index in [9.17, 15) is 5.11 Å². The summed E-state index contributed by atoms with van der Waals surface area (Å²) in [4.78, 5) is 18.2. The molecule has 0 bridgehead atoms. The van der Waals surface area contributed by atoms with Crippen LogP contribution in [-0.4, -0.2) is 82.6 Å². The quantitative estimate of drug-likeness (QED) is 0.351. The standard InChI is InChI=1S/C28H30ClFN6O3S/c29-19-12-18-24(22(30)21(19)17-4-1-5-20-23(17)32-26(31)40-20)33-27(34-25(18)35-10-11-38-14-16(37)13-35)39-15-28-6-2-8-36(28)9-3-7-28/h1,4-5,12,16,37H,2-3,6-11,13-15H2,(H2,31,32). The Hall–Kier alpha value is -2.83. The highest BCUT2D eigenvalue weighted by Gasteiger charge is 2.45. The molecule has 0 aliphatic carbocycles. The number of aliphatic hydroxyl groups is 1. The van der Waals surface area contributed by atoms with Crippen LogP contribution in [-0.2, 0) is 4.74 Å². The van der Waals surface area contributed by atoms with Crippen LogP contribution in [0.1, 0.15) is 25.7 Å². The number of nitrogen functional groups attached to an aromatic ring is 1. The van der Waals surface area contributed by atoms with Gasteiger partial charge in [0.15, 0.2) is 10.9 Å². The Morgan fingerprint density at radius 3 is 2.83 bits per heavy atom. The number of nitrogens with zero attached hydrogens (tertiary/aromatic N) is 5. The Bertz CT molecular complexity index is 1590. The number of rotatable bonds is 5. The maximum Gasteiger partial charge on any atom is 0.319 e. The van der Waals surface area contributed by atoms with Crippen LogP contribution < -0.4 is 15.4 Å². The first-order valence-electron chi connectivity index (χ1n) is 13.7. The lowest BCUT2D eigenvalue weighted by atomic mass is 9.95. The number of thiazole rings is 1. The molecule has 7 rings (SSSR count). The minimum absolute atomic E-state index is 0.0188. The van der Waals surface area contributed by atoms with Gasteiger partial charge in [-0.15, -0.1) is 0 Å². The van der Waals surface area contributed by atoms with Crippen LogP contribution in [0.4, 0.5) is 15.3 Å². The smallest absolute Gasteiger partial charge is 0.319 e. The van der Waals surface area contributed by atoms with Crippen molar-refractivity contribution in [1.82, 2.24) is 19.9 Å². The third-order valence-corrected chi connectivity index (χ3v) is 9.52. The first-order chi connectivity index (χ1) is 19.4. The van der Waals surface area contributed by atoms with Crippen molar-refractivity contribution in [2.75, 3.05) is 56.6 Å². The molecule has 3 saturated heterocycles. The Morgan fingerprint density at radius 2 is 2.00 bits per heavy atom. The van der Waals surface area contributed by atoms with Crippen LogP contribution >= 0.6 is 22.9 Å². The predicted octanol–water partition coefficient (Wildman–Crippen LogP) is 4.49. The number of benzene rings is 2. The molecule has 0 spiro atoms. The molecular weight excluding hydrogens is 555 g/mol. The van der Waals surface area contributed by atoms with Gasteiger partial charge in [0.2, 0.25) is 0 Å². The van der Waals surface area contributed by atoms with E-state index in [0.717, 1.165) is 43.5 Å². The molecule has 4 aromatic rings. The zero-order valence-electron chi connectivity index (χ0n) is 21.9. The van der Waals surface area contributed by atoms with Crippen LogP contribution in [0.2, 0.25) is 5.02 Å². The molecule has 0 saturated carbocycles. The van der Waals surface area contributed by atoms with E-state index in [1.807, 2.05) is 17.0 Å². The maximum absolute atomic E-state index is 16.6. The van der Waals surface area contributed by atoms with Crippen molar-refractivity contribution in [3.05, 3.63) is 35.1 Å². The Labute approximate surface area is 239 Å². The number of aliphatic hydroxyl groups excluding tert-OH is 1. The highest BCUT2D eigenvalue weighted by Crippen LogP contribution is 2.43. The Morgan fingerprint density at radius 1 is 1.18 bits per heavy atom. The summed E-state index contributed by atoms with van der Waals surface area (Å²) >= 11 is 8.13. The molecule has 0 radical (unpaired) electrons. The number of fused-ring (bicyclic) bond motifs is 3. The Kier molecular flexibility index (Phi) is 6.67. The number of hydrogen-bond donors (Lipinski definition) is 2. The summed E-state index contributed by atoms with van der Waals surface area (Å²) in [6.07, 6.45) is 3.70. The van der Waals surface area contributed by atoms with E-state index in [1.54, 1.807) is 12.1 Å². The molecule has 1 unspecified atom stereocenters. The maximum atomic E-state index is 16.6.